The van der Waals surface area contributed by atoms with Gasteiger partial charge in [0.1, 0.15) is 6.04 Å². The van der Waals surface area contributed by atoms with Crippen molar-refractivity contribution in [2.45, 2.75) is 6.04 Å². The molecule has 4 N–H and O–H groups in total. The average Bonchev–Trinajstić information content (AvgIpc) is 2.35. The molecule has 0 spiro atoms. The molecule has 1 aromatic rings. The number of β-lactam (4-membered cyclic amide) rings is 1. The van der Waals surface area contributed by atoms with Crippen LogP contribution in [-0.2, 0) is 15.0 Å². The monoisotopic (exact) mass is 285 g/mol. The first kappa shape index (κ1) is 13.2. The summed E-state index contributed by atoms with van der Waals surface area (Å²) >= 11 is 0. The van der Waals surface area contributed by atoms with Gasteiger partial charge < -0.3 is 5.73 Å². The number of nitrogens with two attached hydrogens (primary N) is 1. The van der Waals surface area contributed by atoms with Crippen molar-refractivity contribution in [3.8, 4) is 0 Å². The normalized spacial score (nSPS) is 18.7. The van der Waals surface area contributed by atoms with Crippen LogP contribution in [-0.4, -0.2) is 42.8 Å². The Morgan fingerprint density at radius 2 is 2.05 bits per heavy atom. The minimum Gasteiger partial charge on any atom is -0.318 e. The minimum atomic E-state index is -4.11. The number of aromatic nitrogens is 1. The molecule has 1 fully saturated rings. The van der Waals surface area contributed by atoms with E-state index in [1.807, 2.05) is 0 Å². The van der Waals surface area contributed by atoms with Gasteiger partial charge in [0.25, 0.3) is 0 Å². The highest BCUT2D eigenvalue weighted by molar-refractivity contribution is 7.91. The van der Waals surface area contributed by atoms with Crippen molar-refractivity contribution >= 4 is 27.8 Å². The number of anilines is 1. The summed E-state index contributed by atoms with van der Waals surface area (Å²) < 4.78 is 27.0. The van der Waals surface area contributed by atoms with E-state index in [9.17, 15) is 18.0 Å². The number of pyridine rings is 1. The van der Waals surface area contributed by atoms with Crippen LogP contribution in [0.1, 0.15) is 0 Å². The SMILES string of the molecule is N[C@H]1CN(C(=O)NS(=O)(=O)Nc2ccncc2)C1=O. The molecular weight excluding hydrogens is 274 g/mol. The first-order chi connectivity index (χ1) is 8.89. The number of amides is 3. The van der Waals surface area contributed by atoms with Crippen LogP contribution < -0.4 is 15.2 Å². The van der Waals surface area contributed by atoms with Gasteiger partial charge in [-0.3, -0.25) is 19.4 Å². The van der Waals surface area contributed by atoms with E-state index in [0.29, 0.717) is 0 Å². The lowest BCUT2D eigenvalue weighted by atomic mass is 10.1. The fourth-order valence-electron chi connectivity index (χ4n) is 1.41. The molecule has 0 aliphatic carbocycles. The van der Waals surface area contributed by atoms with Crippen molar-refractivity contribution in [3.05, 3.63) is 24.5 Å². The molecule has 0 saturated carbocycles. The minimum absolute atomic E-state index is 0.00452. The van der Waals surface area contributed by atoms with Crippen LogP contribution >= 0.6 is 0 Å². The van der Waals surface area contributed by atoms with Gasteiger partial charge in [0.05, 0.1) is 12.2 Å². The first-order valence-electron chi connectivity index (χ1n) is 5.20. The number of nitrogens with zero attached hydrogens (tertiary/aromatic N) is 2. The van der Waals surface area contributed by atoms with Gasteiger partial charge in [0.15, 0.2) is 0 Å². The number of nitrogens with one attached hydrogen (secondary N) is 2. The van der Waals surface area contributed by atoms with E-state index in [-0.39, 0.29) is 12.2 Å². The number of imide groups is 1. The van der Waals surface area contributed by atoms with Crippen molar-refractivity contribution in [1.29, 1.82) is 0 Å². The van der Waals surface area contributed by atoms with Gasteiger partial charge in [-0.25, -0.2) is 9.52 Å². The molecule has 0 radical (unpaired) electrons. The molecule has 102 valence electrons. The summed E-state index contributed by atoms with van der Waals surface area (Å²) in [5.74, 6) is -0.614. The number of hydrogen-bond donors (Lipinski definition) is 3. The quantitative estimate of drug-likeness (QED) is 0.586. The van der Waals surface area contributed by atoms with Crippen molar-refractivity contribution in [1.82, 2.24) is 14.6 Å². The molecule has 10 heteroatoms. The van der Waals surface area contributed by atoms with Gasteiger partial charge in [-0.15, -0.1) is 0 Å². The van der Waals surface area contributed by atoms with Crippen LogP contribution in [0.5, 0.6) is 0 Å². The Balaban J connectivity index is 1.98. The second-order valence-corrected chi connectivity index (χ2v) is 5.22. The molecular formula is C9H11N5O4S. The first-order valence-corrected chi connectivity index (χ1v) is 6.69. The summed E-state index contributed by atoms with van der Waals surface area (Å²) in [4.78, 5) is 27.1. The number of rotatable bonds is 3. The van der Waals surface area contributed by atoms with E-state index < -0.39 is 28.2 Å². The van der Waals surface area contributed by atoms with Crippen molar-refractivity contribution in [2.75, 3.05) is 11.3 Å². The highest BCUT2D eigenvalue weighted by atomic mass is 32.2. The fraction of sp³-hybridized carbons (Fsp3) is 0.222. The zero-order chi connectivity index (χ0) is 14.0. The van der Waals surface area contributed by atoms with Gasteiger partial charge in [-0.05, 0) is 12.1 Å². The number of carbonyl (C=O) groups is 2. The van der Waals surface area contributed by atoms with E-state index >= 15 is 0 Å². The lowest BCUT2D eigenvalue weighted by molar-refractivity contribution is -0.137. The smallest absolute Gasteiger partial charge is 0.318 e. The third kappa shape index (κ3) is 2.98. The Morgan fingerprint density at radius 1 is 1.42 bits per heavy atom. The zero-order valence-electron chi connectivity index (χ0n) is 9.61. The Kier molecular flexibility index (Phi) is 3.36. The third-order valence-electron chi connectivity index (χ3n) is 2.36. The van der Waals surface area contributed by atoms with E-state index in [0.717, 1.165) is 4.90 Å². The Labute approximate surface area is 109 Å². The molecule has 19 heavy (non-hydrogen) atoms. The average molecular weight is 285 g/mol. The second kappa shape index (κ2) is 4.82. The zero-order valence-corrected chi connectivity index (χ0v) is 10.4. The predicted octanol–water partition coefficient (Wildman–Crippen LogP) is -1.38. The predicted molar refractivity (Wildman–Crippen MR) is 65.0 cm³/mol. The molecule has 1 aliphatic heterocycles. The van der Waals surface area contributed by atoms with Crippen LogP contribution in [0.2, 0.25) is 0 Å². The standard InChI is InChI=1S/C9H11N5O4S/c10-7-5-14(8(7)15)9(16)13-19(17,18)12-6-1-3-11-4-2-6/h1-4,7H,5,10H2,(H,11,12)(H,13,16)/t7-/m0/s1. The highest BCUT2D eigenvalue weighted by Gasteiger charge is 2.39. The van der Waals surface area contributed by atoms with Crippen molar-refractivity contribution in [2.24, 2.45) is 5.73 Å². The van der Waals surface area contributed by atoms with E-state index in [1.54, 1.807) is 4.72 Å². The summed E-state index contributed by atoms with van der Waals surface area (Å²) in [6.45, 7) is -0.00452. The molecule has 1 atom stereocenters. The molecule has 1 aliphatic rings. The molecule has 9 nitrogen and oxygen atoms in total. The summed E-state index contributed by atoms with van der Waals surface area (Å²) in [5.41, 5.74) is 5.53. The van der Waals surface area contributed by atoms with E-state index in [2.05, 4.69) is 9.71 Å². The molecule has 1 aromatic heterocycles. The highest BCUT2D eigenvalue weighted by Crippen LogP contribution is 2.09. The second-order valence-electron chi connectivity index (χ2n) is 3.80. The largest absolute Gasteiger partial charge is 0.339 e. The molecule has 0 aromatic carbocycles. The van der Waals surface area contributed by atoms with Gasteiger partial charge >= 0.3 is 16.2 Å². The van der Waals surface area contributed by atoms with Crippen LogP contribution in [0.4, 0.5) is 10.5 Å². The number of likely N-dealkylation sites (tertiary alicyclic amines) is 1. The summed E-state index contributed by atoms with van der Waals surface area (Å²) in [6, 6.07) is 1.04. The van der Waals surface area contributed by atoms with Gasteiger partial charge in [0, 0.05) is 12.4 Å². The fourth-order valence-corrected chi connectivity index (χ4v) is 2.24. The number of carbonyl (C=O) groups excluding carboxylic acids is 2. The molecule has 0 unspecified atom stereocenters. The summed E-state index contributed by atoms with van der Waals surface area (Å²) in [7, 11) is -4.11. The van der Waals surface area contributed by atoms with Crippen molar-refractivity contribution < 1.29 is 18.0 Å². The van der Waals surface area contributed by atoms with Gasteiger partial charge in [0.2, 0.25) is 5.91 Å². The Hall–Kier alpha value is -2.20. The molecule has 1 saturated heterocycles. The van der Waals surface area contributed by atoms with Crippen molar-refractivity contribution in [3.63, 3.8) is 0 Å². The Bertz CT molecular complexity index is 602. The summed E-state index contributed by atoms with van der Waals surface area (Å²) in [5, 5.41) is 0. The van der Waals surface area contributed by atoms with E-state index in [4.69, 9.17) is 5.73 Å². The number of urea groups is 1. The molecule has 2 rings (SSSR count). The van der Waals surface area contributed by atoms with Gasteiger partial charge in [-0.1, -0.05) is 0 Å². The molecule has 3 amide bonds. The van der Waals surface area contributed by atoms with E-state index in [1.165, 1.54) is 24.5 Å². The molecule has 0 bridgehead atoms. The summed E-state index contributed by atoms with van der Waals surface area (Å²) in [6.07, 6.45) is 2.77. The van der Waals surface area contributed by atoms with Crippen LogP contribution in [0.15, 0.2) is 24.5 Å². The molecule has 2 heterocycles. The van der Waals surface area contributed by atoms with Gasteiger partial charge in [-0.2, -0.15) is 8.42 Å². The number of hydrogen-bond acceptors (Lipinski definition) is 6. The lowest BCUT2D eigenvalue weighted by Crippen LogP contribution is -2.65. The van der Waals surface area contributed by atoms with Crippen LogP contribution in [0.25, 0.3) is 0 Å². The topological polar surface area (TPSA) is 134 Å². The van der Waals surface area contributed by atoms with Crippen LogP contribution in [0, 0.1) is 0 Å². The maximum Gasteiger partial charge on any atom is 0.339 e. The maximum absolute atomic E-state index is 11.6. The Morgan fingerprint density at radius 3 is 2.58 bits per heavy atom. The lowest BCUT2D eigenvalue weighted by Gasteiger charge is -2.33. The third-order valence-corrected chi connectivity index (χ3v) is 3.31. The maximum atomic E-state index is 11.6. The van der Waals surface area contributed by atoms with Crippen LogP contribution in [0.3, 0.4) is 0 Å².